The molecule has 1 aromatic heterocycles. The predicted molar refractivity (Wildman–Crippen MR) is 113 cm³/mol. The number of carbonyl (C=O) groups excluding carboxylic acids is 1. The molecule has 0 bridgehead atoms. The van der Waals surface area contributed by atoms with Crippen molar-refractivity contribution in [3.8, 4) is 35.7 Å². The van der Waals surface area contributed by atoms with Gasteiger partial charge in [-0.15, -0.1) is 13.0 Å². The average molecular weight is 392 g/mol. The smallest absolute Gasteiger partial charge is 0.272 e. The highest BCUT2D eigenvalue weighted by atomic mass is 16.5. The lowest BCUT2D eigenvalue weighted by molar-refractivity contribution is 0.0951. The quantitative estimate of drug-likeness (QED) is 0.409. The number of carbonyl (C=O) groups is 1. The summed E-state index contributed by atoms with van der Waals surface area (Å²) in [7, 11) is 4.87. The number of imidazole rings is 1. The number of hydrogen-bond donors (Lipinski definition) is 2. The summed E-state index contributed by atoms with van der Waals surface area (Å²) in [5.74, 6) is 10.2. The molecule has 2 N–H and O–H groups in total. The fraction of sp³-hybridized carbons (Fsp3) is 0.273. The van der Waals surface area contributed by atoms with Crippen LogP contribution in [0.1, 0.15) is 28.3 Å². The molecule has 1 amide bonds. The molecule has 29 heavy (non-hydrogen) atoms. The minimum atomic E-state index is -0.321. The molecule has 0 spiro atoms. The van der Waals surface area contributed by atoms with Crippen LogP contribution >= 0.6 is 0 Å². The Bertz CT molecular complexity index is 990. The first-order valence-corrected chi connectivity index (χ1v) is 8.92. The van der Waals surface area contributed by atoms with Gasteiger partial charge in [-0.25, -0.2) is 4.98 Å². The number of nitrogens with one attached hydrogen (secondary N) is 2. The van der Waals surface area contributed by atoms with Crippen molar-refractivity contribution in [1.82, 2.24) is 14.9 Å². The third-order valence-electron chi connectivity index (χ3n) is 4.00. The van der Waals surface area contributed by atoms with Gasteiger partial charge in [0.1, 0.15) is 0 Å². The SMILES string of the molecule is C#CCNC(=O)c1c(NCCC=C)nc(C#Cc2ccc(OC)c(OC)c2)n1C. The van der Waals surface area contributed by atoms with E-state index in [0.717, 1.165) is 12.0 Å². The first-order valence-electron chi connectivity index (χ1n) is 8.92. The number of benzene rings is 1. The molecular weight excluding hydrogens is 368 g/mol. The minimum absolute atomic E-state index is 0.128. The molecule has 0 aliphatic carbocycles. The number of ether oxygens (including phenoxy) is 2. The molecule has 0 atom stereocenters. The van der Waals surface area contributed by atoms with Crippen molar-refractivity contribution in [2.24, 2.45) is 7.05 Å². The van der Waals surface area contributed by atoms with Gasteiger partial charge >= 0.3 is 0 Å². The van der Waals surface area contributed by atoms with Crippen LogP contribution in [0.15, 0.2) is 30.9 Å². The molecule has 0 saturated carbocycles. The van der Waals surface area contributed by atoms with E-state index < -0.39 is 0 Å². The molecule has 1 aromatic carbocycles. The molecule has 2 rings (SSSR count). The molecule has 1 heterocycles. The van der Waals surface area contributed by atoms with Gasteiger partial charge in [-0.2, -0.15) is 0 Å². The third kappa shape index (κ3) is 5.33. The van der Waals surface area contributed by atoms with Crippen LogP contribution in [-0.4, -0.2) is 42.8 Å². The largest absolute Gasteiger partial charge is 0.493 e. The molecule has 0 radical (unpaired) electrons. The average Bonchev–Trinajstić information content (AvgIpc) is 3.05. The maximum Gasteiger partial charge on any atom is 0.272 e. The zero-order valence-electron chi connectivity index (χ0n) is 16.8. The van der Waals surface area contributed by atoms with Crippen molar-refractivity contribution in [2.45, 2.75) is 6.42 Å². The van der Waals surface area contributed by atoms with Crippen molar-refractivity contribution in [3.63, 3.8) is 0 Å². The monoisotopic (exact) mass is 392 g/mol. The predicted octanol–water partition coefficient (Wildman–Crippen LogP) is 2.19. The Hall–Kier alpha value is -3.84. The summed E-state index contributed by atoms with van der Waals surface area (Å²) in [6, 6.07) is 5.38. The van der Waals surface area contributed by atoms with Crippen molar-refractivity contribution in [3.05, 3.63) is 47.9 Å². The molecule has 0 aliphatic rings. The molecule has 0 unspecified atom stereocenters. The van der Waals surface area contributed by atoms with Crippen LogP contribution in [0, 0.1) is 24.2 Å². The van der Waals surface area contributed by atoms with Gasteiger partial charge in [0.05, 0.1) is 20.8 Å². The van der Waals surface area contributed by atoms with Gasteiger partial charge in [0.2, 0.25) is 0 Å². The van der Waals surface area contributed by atoms with Crippen LogP contribution in [0.4, 0.5) is 5.82 Å². The molecule has 150 valence electrons. The van der Waals surface area contributed by atoms with Crippen molar-refractivity contribution in [1.29, 1.82) is 0 Å². The molecular formula is C22H24N4O3. The Kier molecular flexibility index (Phi) is 7.76. The zero-order chi connectivity index (χ0) is 21.2. The van der Waals surface area contributed by atoms with Crippen LogP contribution in [0.25, 0.3) is 0 Å². The van der Waals surface area contributed by atoms with E-state index in [2.05, 4.69) is 40.0 Å². The summed E-state index contributed by atoms with van der Waals surface area (Å²) in [5.41, 5.74) is 1.09. The van der Waals surface area contributed by atoms with Crippen LogP contribution in [0.2, 0.25) is 0 Å². The summed E-state index contributed by atoms with van der Waals surface area (Å²) in [6.45, 7) is 4.42. The van der Waals surface area contributed by atoms with Gasteiger partial charge in [-0.05, 0) is 30.5 Å². The lowest BCUT2D eigenvalue weighted by Gasteiger charge is -2.07. The fourth-order valence-corrected chi connectivity index (χ4v) is 2.54. The normalized spacial score (nSPS) is 9.59. The number of nitrogens with zero attached hydrogens (tertiary/aromatic N) is 2. The van der Waals surface area contributed by atoms with Gasteiger partial charge in [0, 0.05) is 19.2 Å². The molecule has 7 nitrogen and oxygen atoms in total. The number of terminal acetylenes is 1. The van der Waals surface area contributed by atoms with E-state index in [0.29, 0.717) is 35.4 Å². The number of methoxy groups -OCH3 is 2. The Morgan fingerprint density at radius 2 is 2.07 bits per heavy atom. The number of aromatic nitrogens is 2. The lowest BCUT2D eigenvalue weighted by atomic mass is 10.2. The number of hydrogen-bond acceptors (Lipinski definition) is 5. The fourth-order valence-electron chi connectivity index (χ4n) is 2.54. The second-order valence-electron chi connectivity index (χ2n) is 5.90. The van der Waals surface area contributed by atoms with Crippen molar-refractivity contribution < 1.29 is 14.3 Å². The van der Waals surface area contributed by atoms with Gasteiger partial charge in [-0.3, -0.25) is 4.79 Å². The number of anilines is 1. The maximum absolute atomic E-state index is 12.5. The van der Waals surface area contributed by atoms with E-state index in [-0.39, 0.29) is 12.5 Å². The van der Waals surface area contributed by atoms with Crippen LogP contribution < -0.4 is 20.1 Å². The Morgan fingerprint density at radius 3 is 2.72 bits per heavy atom. The van der Waals surface area contributed by atoms with Crippen molar-refractivity contribution >= 4 is 11.7 Å². The molecule has 2 aromatic rings. The second-order valence-corrected chi connectivity index (χ2v) is 5.90. The Balaban J connectivity index is 2.38. The van der Waals surface area contributed by atoms with E-state index >= 15 is 0 Å². The molecule has 0 aliphatic heterocycles. The van der Waals surface area contributed by atoms with Crippen LogP contribution in [0.5, 0.6) is 11.5 Å². The Morgan fingerprint density at radius 1 is 1.31 bits per heavy atom. The highest BCUT2D eigenvalue weighted by molar-refractivity contribution is 5.97. The summed E-state index contributed by atoms with van der Waals surface area (Å²) in [6.07, 6.45) is 7.75. The maximum atomic E-state index is 12.5. The highest BCUT2D eigenvalue weighted by Crippen LogP contribution is 2.27. The molecule has 0 saturated heterocycles. The third-order valence-corrected chi connectivity index (χ3v) is 4.00. The van der Waals surface area contributed by atoms with E-state index in [1.165, 1.54) is 0 Å². The lowest BCUT2D eigenvalue weighted by Crippen LogP contribution is -2.26. The minimum Gasteiger partial charge on any atom is -0.493 e. The number of rotatable bonds is 8. The van der Waals surface area contributed by atoms with Gasteiger partial charge in [0.15, 0.2) is 28.8 Å². The molecule has 7 heteroatoms. The van der Waals surface area contributed by atoms with E-state index in [1.807, 2.05) is 6.07 Å². The van der Waals surface area contributed by atoms with Gasteiger partial charge in [0.25, 0.3) is 5.91 Å². The zero-order valence-corrected chi connectivity index (χ0v) is 16.8. The van der Waals surface area contributed by atoms with E-state index in [1.54, 1.807) is 44.0 Å². The van der Waals surface area contributed by atoms with E-state index in [9.17, 15) is 4.79 Å². The summed E-state index contributed by atoms with van der Waals surface area (Å²) in [5, 5.41) is 5.80. The van der Waals surface area contributed by atoms with Gasteiger partial charge < -0.3 is 24.7 Å². The first kappa shape index (κ1) is 21.5. The van der Waals surface area contributed by atoms with Crippen LogP contribution in [0.3, 0.4) is 0 Å². The first-order chi connectivity index (χ1) is 14.0. The summed E-state index contributed by atoms with van der Waals surface area (Å²) >= 11 is 0. The highest BCUT2D eigenvalue weighted by Gasteiger charge is 2.20. The topological polar surface area (TPSA) is 77.4 Å². The number of amides is 1. The summed E-state index contributed by atoms with van der Waals surface area (Å²) in [4.78, 5) is 17.0. The molecule has 0 fully saturated rings. The van der Waals surface area contributed by atoms with Crippen LogP contribution in [-0.2, 0) is 7.05 Å². The van der Waals surface area contributed by atoms with Gasteiger partial charge in [-0.1, -0.05) is 17.9 Å². The standard InChI is InChI=1S/C22H24N4O3/c1-6-8-14-23-21-20(22(27)24-13-7-2)26(3)19(25-21)12-10-16-9-11-17(28-4)18(15-16)29-5/h2,6,9,11,15,23H,1,8,13-14H2,3-5H3,(H,24,27). The van der Waals surface area contributed by atoms with E-state index in [4.69, 9.17) is 15.9 Å². The Labute approximate surface area is 171 Å². The van der Waals surface area contributed by atoms with Crippen molar-refractivity contribution in [2.75, 3.05) is 32.6 Å². The second kappa shape index (κ2) is 10.5. The summed E-state index contributed by atoms with van der Waals surface area (Å²) < 4.78 is 12.2.